The first-order valence-electron chi connectivity index (χ1n) is 4.36. The minimum Gasteiger partial charge on any atom is -0.339 e. The summed E-state index contributed by atoms with van der Waals surface area (Å²) in [5.41, 5.74) is 0.670. The van der Waals surface area contributed by atoms with Crippen LogP contribution in [-0.4, -0.2) is 9.97 Å². The van der Waals surface area contributed by atoms with Crippen molar-refractivity contribution in [1.29, 1.82) is 0 Å². The second-order valence-electron chi connectivity index (χ2n) is 2.94. The van der Waals surface area contributed by atoms with Gasteiger partial charge in [-0.1, -0.05) is 29.3 Å². The number of hydrogen-bond donors (Lipinski definition) is 1. The molecule has 0 saturated heterocycles. The summed E-state index contributed by atoms with van der Waals surface area (Å²) in [5, 5.41) is 4.09. The van der Waals surface area contributed by atoms with Crippen molar-refractivity contribution in [2.45, 2.75) is 0 Å². The Hall–Kier alpha value is -1.03. The molecule has 2 rings (SSSR count). The van der Waals surface area contributed by atoms with Gasteiger partial charge in [0.25, 0.3) is 0 Å². The van der Waals surface area contributed by atoms with Gasteiger partial charge in [0.2, 0.25) is 5.28 Å². The quantitative estimate of drug-likeness (QED) is 0.835. The number of nitrogens with zero attached hydrogens (tertiary/aromatic N) is 2. The van der Waals surface area contributed by atoms with Gasteiger partial charge < -0.3 is 5.32 Å². The molecule has 6 heteroatoms. The van der Waals surface area contributed by atoms with Crippen LogP contribution < -0.4 is 5.32 Å². The van der Waals surface area contributed by atoms with E-state index in [0.717, 1.165) is 0 Å². The zero-order chi connectivity index (χ0) is 11.5. The molecule has 2 aromatic rings. The highest BCUT2D eigenvalue weighted by molar-refractivity contribution is 6.43. The zero-order valence-corrected chi connectivity index (χ0v) is 10.2. The third-order valence-corrected chi connectivity index (χ3v) is 2.84. The van der Waals surface area contributed by atoms with Crippen molar-refractivity contribution in [2.75, 3.05) is 5.32 Å². The molecule has 0 aliphatic rings. The molecule has 0 aliphatic heterocycles. The highest BCUT2D eigenvalue weighted by Crippen LogP contribution is 2.31. The maximum atomic E-state index is 6.01. The van der Waals surface area contributed by atoms with E-state index in [0.29, 0.717) is 21.6 Å². The van der Waals surface area contributed by atoms with Gasteiger partial charge >= 0.3 is 0 Å². The van der Waals surface area contributed by atoms with Crippen LogP contribution in [0.3, 0.4) is 0 Å². The number of anilines is 2. The van der Waals surface area contributed by atoms with Crippen LogP contribution in [0.2, 0.25) is 15.3 Å². The van der Waals surface area contributed by atoms with E-state index in [9.17, 15) is 0 Å². The number of hydrogen-bond acceptors (Lipinski definition) is 3. The van der Waals surface area contributed by atoms with Crippen molar-refractivity contribution in [3.05, 3.63) is 45.8 Å². The lowest BCUT2D eigenvalue weighted by Gasteiger charge is -2.08. The standard InChI is InChI=1S/C10H6Cl3N3/c11-6-2-1-3-7(9(6)12)15-8-4-5-14-10(13)16-8/h1-5H,(H,14,15,16). The fourth-order valence-electron chi connectivity index (χ4n) is 1.14. The molecule has 82 valence electrons. The summed E-state index contributed by atoms with van der Waals surface area (Å²) in [6.45, 7) is 0. The minimum atomic E-state index is 0.170. The molecule has 16 heavy (non-hydrogen) atoms. The Morgan fingerprint density at radius 1 is 1.06 bits per heavy atom. The van der Waals surface area contributed by atoms with E-state index in [2.05, 4.69) is 15.3 Å². The Bertz CT molecular complexity index is 516. The molecule has 0 spiro atoms. The molecule has 0 amide bonds. The van der Waals surface area contributed by atoms with Crippen LogP contribution in [-0.2, 0) is 0 Å². The Kier molecular flexibility index (Phi) is 3.49. The van der Waals surface area contributed by atoms with Gasteiger partial charge in [0.15, 0.2) is 0 Å². The van der Waals surface area contributed by atoms with Crippen molar-refractivity contribution in [3.63, 3.8) is 0 Å². The van der Waals surface area contributed by atoms with Crippen molar-refractivity contribution in [3.8, 4) is 0 Å². The molecule has 1 N–H and O–H groups in total. The summed E-state index contributed by atoms with van der Waals surface area (Å²) < 4.78 is 0. The van der Waals surface area contributed by atoms with Gasteiger partial charge in [-0.05, 0) is 29.8 Å². The first-order valence-corrected chi connectivity index (χ1v) is 5.50. The van der Waals surface area contributed by atoms with Gasteiger partial charge in [0.05, 0.1) is 15.7 Å². The highest BCUT2D eigenvalue weighted by Gasteiger charge is 2.05. The van der Waals surface area contributed by atoms with Gasteiger partial charge in [-0.3, -0.25) is 0 Å². The van der Waals surface area contributed by atoms with E-state index in [1.165, 1.54) is 0 Å². The van der Waals surface area contributed by atoms with E-state index >= 15 is 0 Å². The zero-order valence-electron chi connectivity index (χ0n) is 7.92. The van der Waals surface area contributed by atoms with E-state index in [-0.39, 0.29) is 5.28 Å². The summed E-state index contributed by atoms with van der Waals surface area (Å²) in [4.78, 5) is 7.76. The van der Waals surface area contributed by atoms with Crippen molar-refractivity contribution >= 4 is 46.3 Å². The largest absolute Gasteiger partial charge is 0.339 e. The Morgan fingerprint density at radius 2 is 1.88 bits per heavy atom. The summed E-state index contributed by atoms with van der Waals surface area (Å²) in [6.07, 6.45) is 1.55. The van der Waals surface area contributed by atoms with Crippen LogP contribution in [0.1, 0.15) is 0 Å². The predicted molar refractivity (Wildman–Crippen MR) is 66.8 cm³/mol. The highest BCUT2D eigenvalue weighted by atomic mass is 35.5. The monoisotopic (exact) mass is 273 g/mol. The van der Waals surface area contributed by atoms with E-state index in [4.69, 9.17) is 34.8 Å². The summed E-state index contributed by atoms with van der Waals surface area (Å²) in [5.74, 6) is 0.559. The van der Waals surface area contributed by atoms with Crippen molar-refractivity contribution in [2.24, 2.45) is 0 Å². The number of benzene rings is 1. The average Bonchev–Trinajstić information content (AvgIpc) is 2.25. The summed E-state index contributed by atoms with van der Waals surface area (Å²) >= 11 is 17.6. The number of halogens is 3. The molecule has 0 bridgehead atoms. The number of aromatic nitrogens is 2. The van der Waals surface area contributed by atoms with Crippen LogP contribution in [0.5, 0.6) is 0 Å². The smallest absolute Gasteiger partial charge is 0.224 e. The van der Waals surface area contributed by atoms with Gasteiger partial charge in [-0.25, -0.2) is 9.97 Å². The molecule has 0 atom stereocenters. The fourth-order valence-corrected chi connectivity index (χ4v) is 1.64. The van der Waals surface area contributed by atoms with Gasteiger partial charge in [-0.2, -0.15) is 0 Å². The normalized spacial score (nSPS) is 10.2. The molecule has 1 aromatic carbocycles. The molecular formula is C10H6Cl3N3. The molecule has 3 nitrogen and oxygen atoms in total. The lowest BCUT2D eigenvalue weighted by Crippen LogP contribution is -1.95. The Morgan fingerprint density at radius 3 is 2.62 bits per heavy atom. The fraction of sp³-hybridized carbons (Fsp3) is 0. The van der Waals surface area contributed by atoms with Crippen LogP contribution in [0.4, 0.5) is 11.5 Å². The average molecular weight is 275 g/mol. The first-order chi connectivity index (χ1) is 7.66. The molecule has 0 unspecified atom stereocenters. The van der Waals surface area contributed by atoms with Crippen LogP contribution >= 0.6 is 34.8 Å². The lowest BCUT2D eigenvalue weighted by molar-refractivity contribution is 1.17. The SMILES string of the molecule is Clc1nccc(Nc2cccc(Cl)c2Cl)n1. The summed E-state index contributed by atoms with van der Waals surface area (Å²) in [6, 6.07) is 6.98. The molecule has 0 saturated carbocycles. The topological polar surface area (TPSA) is 37.8 Å². The van der Waals surface area contributed by atoms with Crippen molar-refractivity contribution < 1.29 is 0 Å². The maximum Gasteiger partial charge on any atom is 0.224 e. The third-order valence-electron chi connectivity index (χ3n) is 1.84. The first kappa shape index (κ1) is 11.5. The third kappa shape index (κ3) is 2.55. The molecular weight excluding hydrogens is 268 g/mol. The van der Waals surface area contributed by atoms with E-state index in [1.807, 2.05) is 0 Å². The Labute approximate surface area is 107 Å². The molecule has 0 fully saturated rings. The number of nitrogens with one attached hydrogen (secondary N) is 1. The second-order valence-corrected chi connectivity index (χ2v) is 4.06. The van der Waals surface area contributed by atoms with Crippen LogP contribution in [0, 0.1) is 0 Å². The van der Waals surface area contributed by atoms with E-state index < -0.39 is 0 Å². The minimum absolute atomic E-state index is 0.170. The molecule has 0 radical (unpaired) electrons. The second kappa shape index (κ2) is 4.87. The number of rotatable bonds is 2. The van der Waals surface area contributed by atoms with Gasteiger partial charge in [-0.15, -0.1) is 0 Å². The van der Waals surface area contributed by atoms with Crippen molar-refractivity contribution in [1.82, 2.24) is 9.97 Å². The van der Waals surface area contributed by atoms with Crippen LogP contribution in [0.25, 0.3) is 0 Å². The maximum absolute atomic E-state index is 6.01. The van der Waals surface area contributed by atoms with Gasteiger partial charge in [0.1, 0.15) is 5.82 Å². The molecule has 1 aromatic heterocycles. The lowest BCUT2D eigenvalue weighted by atomic mass is 10.3. The molecule has 0 aliphatic carbocycles. The van der Waals surface area contributed by atoms with Crippen LogP contribution in [0.15, 0.2) is 30.5 Å². The summed E-state index contributed by atoms with van der Waals surface area (Å²) in [7, 11) is 0. The Balaban J connectivity index is 2.31. The van der Waals surface area contributed by atoms with Gasteiger partial charge in [0, 0.05) is 6.20 Å². The van der Waals surface area contributed by atoms with E-state index in [1.54, 1.807) is 30.5 Å². The molecule has 1 heterocycles. The predicted octanol–water partition coefficient (Wildman–Crippen LogP) is 4.18.